The second kappa shape index (κ2) is 6.08. The number of hydrogen-bond acceptors (Lipinski definition) is 3. The van der Waals surface area contributed by atoms with Gasteiger partial charge in [0, 0.05) is 6.04 Å². The van der Waals surface area contributed by atoms with Crippen molar-refractivity contribution < 1.29 is 9.53 Å². The quantitative estimate of drug-likeness (QED) is 0.683. The summed E-state index contributed by atoms with van der Waals surface area (Å²) in [5.74, 6) is 0.0860. The Hall–Kier alpha value is -0.610. The molecule has 88 valence electrons. The average molecular weight is 214 g/mol. The minimum absolute atomic E-state index is 0.0860. The molecule has 1 amide bonds. The van der Waals surface area contributed by atoms with Crippen LogP contribution >= 0.6 is 0 Å². The Morgan fingerprint density at radius 2 is 2.13 bits per heavy atom. The maximum Gasteiger partial charge on any atom is 0.237 e. The van der Waals surface area contributed by atoms with Gasteiger partial charge in [-0.1, -0.05) is 13.3 Å². The van der Waals surface area contributed by atoms with E-state index >= 15 is 0 Å². The third-order valence-corrected chi connectivity index (χ3v) is 2.63. The van der Waals surface area contributed by atoms with Gasteiger partial charge in [-0.15, -0.1) is 0 Å². The van der Waals surface area contributed by atoms with Gasteiger partial charge in [-0.25, -0.2) is 0 Å². The number of carbonyl (C=O) groups excluding carboxylic acids is 1. The van der Waals surface area contributed by atoms with Gasteiger partial charge in [0.15, 0.2) is 0 Å². The molecule has 0 radical (unpaired) electrons. The zero-order valence-electron chi connectivity index (χ0n) is 9.88. The molecule has 2 N–H and O–H groups in total. The summed E-state index contributed by atoms with van der Waals surface area (Å²) in [5, 5.41) is 6.22. The maximum atomic E-state index is 11.7. The van der Waals surface area contributed by atoms with Gasteiger partial charge in [0.05, 0.1) is 25.3 Å². The van der Waals surface area contributed by atoms with Crippen LogP contribution < -0.4 is 10.6 Å². The molecule has 1 saturated heterocycles. The number of ether oxygens (including phenoxy) is 1. The summed E-state index contributed by atoms with van der Waals surface area (Å²) in [6, 6.07) is 0.495. The standard InChI is InChI=1S/C11H22N2O2/c1-4-5-8(2)12-11(14)9(3)13-10-6-15-7-10/h8-10,13H,4-7H2,1-3H3,(H,12,14). The van der Waals surface area contributed by atoms with Crippen LogP contribution in [-0.2, 0) is 9.53 Å². The lowest BCUT2D eigenvalue weighted by Gasteiger charge is -2.30. The van der Waals surface area contributed by atoms with Crippen molar-refractivity contribution in [3.05, 3.63) is 0 Å². The van der Waals surface area contributed by atoms with E-state index in [1.807, 2.05) is 13.8 Å². The van der Waals surface area contributed by atoms with Crippen LogP contribution in [0.3, 0.4) is 0 Å². The minimum Gasteiger partial charge on any atom is -0.378 e. The van der Waals surface area contributed by atoms with E-state index in [9.17, 15) is 4.79 Å². The maximum absolute atomic E-state index is 11.7. The third-order valence-electron chi connectivity index (χ3n) is 2.63. The van der Waals surface area contributed by atoms with E-state index in [-0.39, 0.29) is 18.0 Å². The lowest BCUT2D eigenvalue weighted by molar-refractivity contribution is -0.124. The summed E-state index contributed by atoms with van der Waals surface area (Å²) in [6.45, 7) is 7.51. The van der Waals surface area contributed by atoms with E-state index in [0.717, 1.165) is 26.1 Å². The molecule has 0 saturated carbocycles. The molecule has 0 aromatic carbocycles. The molecular weight excluding hydrogens is 192 g/mol. The summed E-state index contributed by atoms with van der Waals surface area (Å²) in [4.78, 5) is 11.7. The largest absolute Gasteiger partial charge is 0.378 e. The lowest BCUT2D eigenvalue weighted by Crippen LogP contribution is -2.54. The highest BCUT2D eigenvalue weighted by molar-refractivity contribution is 5.81. The molecule has 1 heterocycles. The van der Waals surface area contributed by atoms with Crippen molar-refractivity contribution in [3.8, 4) is 0 Å². The van der Waals surface area contributed by atoms with Gasteiger partial charge in [0.2, 0.25) is 5.91 Å². The molecular formula is C11H22N2O2. The Balaban J connectivity index is 2.19. The summed E-state index contributed by atoms with van der Waals surface area (Å²) in [5.41, 5.74) is 0. The monoisotopic (exact) mass is 214 g/mol. The molecule has 15 heavy (non-hydrogen) atoms. The van der Waals surface area contributed by atoms with Crippen molar-refractivity contribution in [3.63, 3.8) is 0 Å². The average Bonchev–Trinajstić information content (AvgIpc) is 2.11. The van der Waals surface area contributed by atoms with E-state index in [1.54, 1.807) is 0 Å². The second-order valence-electron chi connectivity index (χ2n) is 4.32. The van der Waals surface area contributed by atoms with E-state index in [2.05, 4.69) is 17.6 Å². The fourth-order valence-corrected chi connectivity index (χ4v) is 1.63. The van der Waals surface area contributed by atoms with Crippen molar-refractivity contribution in [2.24, 2.45) is 0 Å². The van der Waals surface area contributed by atoms with E-state index in [1.165, 1.54) is 0 Å². The highest BCUT2D eigenvalue weighted by Crippen LogP contribution is 2.02. The lowest BCUT2D eigenvalue weighted by atomic mass is 10.1. The molecule has 2 unspecified atom stereocenters. The van der Waals surface area contributed by atoms with Gasteiger partial charge in [0.1, 0.15) is 0 Å². The summed E-state index contributed by atoms with van der Waals surface area (Å²) < 4.78 is 5.04. The summed E-state index contributed by atoms with van der Waals surface area (Å²) >= 11 is 0. The van der Waals surface area contributed by atoms with Gasteiger partial charge in [-0.05, 0) is 20.3 Å². The molecule has 1 aliphatic heterocycles. The molecule has 0 aromatic heterocycles. The molecule has 1 aliphatic rings. The predicted octanol–water partition coefficient (Wildman–Crippen LogP) is 0.668. The van der Waals surface area contributed by atoms with Crippen LogP contribution in [0.2, 0.25) is 0 Å². The third kappa shape index (κ3) is 4.18. The molecule has 4 heteroatoms. The van der Waals surface area contributed by atoms with Gasteiger partial charge in [-0.3, -0.25) is 10.1 Å². The molecule has 4 nitrogen and oxygen atoms in total. The number of rotatable bonds is 6. The molecule has 0 aromatic rings. The van der Waals surface area contributed by atoms with Crippen molar-refractivity contribution in [1.29, 1.82) is 0 Å². The first kappa shape index (κ1) is 12.5. The topological polar surface area (TPSA) is 50.4 Å². The van der Waals surface area contributed by atoms with E-state index < -0.39 is 0 Å². The Kier molecular flexibility index (Phi) is 5.05. The van der Waals surface area contributed by atoms with Crippen LogP contribution in [0.1, 0.15) is 33.6 Å². The first-order chi connectivity index (χ1) is 7.13. The SMILES string of the molecule is CCCC(C)NC(=O)C(C)NC1COC1. The Bertz CT molecular complexity index is 205. The molecule has 0 aliphatic carbocycles. The van der Waals surface area contributed by atoms with E-state index in [0.29, 0.717) is 6.04 Å². The first-order valence-electron chi connectivity index (χ1n) is 5.77. The van der Waals surface area contributed by atoms with Gasteiger partial charge in [0.25, 0.3) is 0 Å². The molecule has 1 rings (SSSR count). The van der Waals surface area contributed by atoms with Crippen molar-refractivity contribution in [2.45, 2.75) is 51.7 Å². The van der Waals surface area contributed by atoms with Gasteiger partial charge in [-0.2, -0.15) is 0 Å². The number of amides is 1. The van der Waals surface area contributed by atoms with E-state index in [4.69, 9.17) is 4.74 Å². The smallest absolute Gasteiger partial charge is 0.237 e. The minimum atomic E-state index is -0.127. The highest BCUT2D eigenvalue weighted by Gasteiger charge is 2.23. The fraction of sp³-hybridized carbons (Fsp3) is 0.909. The summed E-state index contributed by atoms with van der Waals surface area (Å²) in [7, 11) is 0. The van der Waals surface area contributed by atoms with Crippen LogP contribution in [0.15, 0.2) is 0 Å². The predicted molar refractivity (Wildman–Crippen MR) is 59.7 cm³/mol. The van der Waals surface area contributed by atoms with Crippen molar-refractivity contribution in [2.75, 3.05) is 13.2 Å². The van der Waals surface area contributed by atoms with Crippen LogP contribution in [0.5, 0.6) is 0 Å². The van der Waals surface area contributed by atoms with Crippen LogP contribution in [0.25, 0.3) is 0 Å². The molecule has 2 atom stereocenters. The number of nitrogens with one attached hydrogen (secondary N) is 2. The zero-order valence-corrected chi connectivity index (χ0v) is 9.88. The first-order valence-corrected chi connectivity index (χ1v) is 5.77. The van der Waals surface area contributed by atoms with Crippen LogP contribution in [0.4, 0.5) is 0 Å². The molecule has 0 spiro atoms. The van der Waals surface area contributed by atoms with Crippen LogP contribution in [0, 0.1) is 0 Å². The van der Waals surface area contributed by atoms with Gasteiger partial charge < -0.3 is 10.1 Å². The van der Waals surface area contributed by atoms with Gasteiger partial charge >= 0.3 is 0 Å². The molecule has 0 bridgehead atoms. The second-order valence-corrected chi connectivity index (χ2v) is 4.32. The zero-order chi connectivity index (χ0) is 11.3. The van der Waals surface area contributed by atoms with Crippen molar-refractivity contribution >= 4 is 5.91 Å². The normalized spacial score (nSPS) is 20.5. The van der Waals surface area contributed by atoms with Crippen LogP contribution in [-0.4, -0.2) is 37.2 Å². The number of hydrogen-bond donors (Lipinski definition) is 2. The fourth-order valence-electron chi connectivity index (χ4n) is 1.63. The summed E-state index contributed by atoms with van der Waals surface area (Å²) in [6.07, 6.45) is 2.13. The molecule has 1 fully saturated rings. The highest BCUT2D eigenvalue weighted by atomic mass is 16.5. The number of carbonyl (C=O) groups is 1. The Morgan fingerprint density at radius 3 is 2.60 bits per heavy atom. The Morgan fingerprint density at radius 1 is 1.47 bits per heavy atom. The van der Waals surface area contributed by atoms with Crippen molar-refractivity contribution in [1.82, 2.24) is 10.6 Å². The Labute approximate surface area is 91.8 Å².